The second kappa shape index (κ2) is 6.52. The fourth-order valence-corrected chi connectivity index (χ4v) is 1.92. The number of aliphatic carboxylic acids is 1. The summed E-state index contributed by atoms with van der Waals surface area (Å²) in [6.07, 6.45) is 1.83. The van der Waals surface area contributed by atoms with E-state index in [-0.39, 0.29) is 5.41 Å². The van der Waals surface area contributed by atoms with Crippen LogP contribution in [0.3, 0.4) is 0 Å². The van der Waals surface area contributed by atoms with Gasteiger partial charge in [-0.2, -0.15) is 0 Å². The molecule has 0 saturated carbocycles. The lowest BCUT2D eigenvalue weighted by Gasteiger charge is -2.25. The van der Waals surface area contributed by atoms with Crippen LogP contribution < -0.4 is 5.32 Å². The molecule has 102 valence electrons. The molecule has 0 aliphatic rings. The van der Waals surface area contributed by atoms with Crippen LogP contribution in [0.15, 0.2) is 40.9 Å². The highest BCUT2D eigenvalue weighted by Crippen LogP contribution is 2.24. The number of amides is 1. The van der Waals surface area contributed by atoms with Crippen molar-refractivity contribution in [3.8, 4) is 0 Å². The summed E-state index contributed by atoms with van der Waals surface area (Å²) in [5.41, 5.74) is 0.848. The van der Waals surface area contributed by atoms with E-state index in [2.05, 4.69) is 21.2 Å². The zero-order valence-electron chi connectivity index (χ0n) is 10.8. The summed E-state index contributed by atoms with van der Waals surface area (Å²) in [6, 6.07) is 7.87. The lowest BCUT2D eigenvalue weighted by molar-refractivity contribution is -0.131. The maximum Gasteiger partial charge on any atom is 0.328 e. The van der Waals surface area contributed by atoms with Gasteiger partial charge in [0.25, 0.3) is 0 Å². The molecule has 19 heavy (non-hydrogen) atoms. The molecule has 0 aliphatic heterocycles. The van der Waals surface area contributed by atoms with E-state index in [0.29, 0.717) is 6.54 Å². The second-order valence-electron chi connectivity index (χ2n) is 4.78. The van der Waals surface area contributed by atoms with Gasteiger partial charge in [-0.25, -0.2) is 4.79 Å². The molecule has 2 N–H and O–H groups in total. The third-order valence-corrected chi connectivity index (χ3v) is 3.18. The van der Waals surface area contributed by atoms with Gasteiger partial charge in [-0.05, 0) is 17.7 Å². The Labute approximate surface area is 120 Å². The van der Waals surface area contributed by atoms with Crippen molar-refractivity contribution in [3.05, 3.63) is 46.5 Å². The Morgan fingerprint density at radius 3 is 2.63 bits per heavy atom. The molecule has 0 heterocycles. The van der Waals surface area contributed by atoms with Crippen LogP contribution in [-0.4, -0.2) is 23.5 Å². The number of benzene rings is 1. The molecule has 4 nitrogen and oxygen atoms in total. The van der Waals surface area contributed by atoms with Crippen LogP contribution in [0.4, 0.5) is 0 Å². The van der Waals surface area contributed by atoms with Gasteiger partial charge in [0.15, 0.2) is 0 Å². The lowest BCUT2D eigenvalue weighted by Crippen LogP contribution is -2.35. The van der Waals surface area contributed by atoms with Gasteiger partial charge in [0.1, 0.15) is 0 Å². The molecule has 0 spiro atoms. The van der Waals surface area contributed by atoms with Crippen molar-refractivity contribution in [2.24, 2.45) is 0 Å². The number of carbonyl (C=O) groups is 2. The van der Waals surface area contributed by atoms with Crippen LogP contribution in [0, 0.1) is 0 Å². The number of hydrogen-bond donors (Lipinski definition) is 2. The Morgan fingerprint density at radius 2 is 2.05 bits per heavy atom. The molecule has 0 saturated heterocycles. The molecular weight excluding hydrogens is 310 g/mol. The van der Waals surface area contributed by atoms with Crippen LogP contribution in [-0.2, 0) is 15.0 Å². The van der Waals surface area contributed by atoms with Crippen LogP contribution in [0.25, 0.3) is 0 Å². The topological polar surface area (TPSA) is 66.4 Å². The SMILES string of the molecule is CC(C)(CNC(=O)/C=C/C(=O)O)c1cccc(Br)c1. The zero-order valence-corrected chi connectivity index (χ0v) is 12.4. The number of carboxylic acids is 1. The minimum Gasteiger partial charge on any atom is -0.478 e. The third-order valence-electron chi connectivity index (χ3n) is 2.69. The van der Waals surface area contributed by atoms with Gasteiger partial charge in [0.05, 0.1) is 0 Å². The average Bonchev–Trinajstić information content (AvgIpc) is 2.34. The molecule has 0 atom stereocenters. The minimum absolute atomic E-state index is 0.240. The first-order valence-electron chi connectivity index (χ1n) is 5.76. The van der Waals surface area contributed by atoms with Crippen molar-refractivity contribution in [3.63, 3.8) is 0 Å². The molecule has 0 fully saturated rings. The van der Waals surface area contributed by atoms with Crippen molar-refractivity contribution in [2.45, 2.75) is 19.3 Å². The largest absolute Gasteiger partial charge is 0.478 e. The molecule has 0 bridgehead atoms. The lowest BCUT2D eigenvalue weighted by atomic mass is 9.84. The summed E-state index contributed by atoms with van der Waals surface area (Å²) >= 11 is 3.41. The van der Waals surface area contributed by atoms with Crippen LogP contribution in [0.5, 0.6) is 0 Å². The van der Waals surface area contributed by atoms with Gasteiger partial charge in [-0.15, -0.1) is 0 Å². The highest BCUT2D eigenvalue weighted by atomic mass is 79.9. The maximum absolute atomic E-state index is 11.4. The Kier molecular flexibility index (Phi) is 5.30. The van der Waals surface area contributed by atoms with Crippen molar-refractivity contribution in [1.82, 2.24) is 5.32 Å². The summed E-state index contributed by atoms with van der Waals surface area (Å²) in [6.45, 7) is 4.44. The van der Waals surface area contributed by atoms with Gasteiger partial charge in [-0.3, -0.25) is 4.79 Å². The Balaban J connectivity index is 2.65. The predicted octanol–water partition coefficient (Wildman–Crippen LogP) is 2.48. The second-order valence-corrected chi connectivity index (χ2v) is 5.70. The van der Waals surface area contributed by atoms with E-state index in [1.165, 1.54) is 0 Å². The Hall–Kier alpha value is -1.62. The summed E-state index contributed by atoms with van der Waals surface area (Å²) in [7, 11) is 0. The molecule has 0 aliphatic carbocycles. The van der Waals surface area contributed by atoms with Crippen LogP contribution in [0.1, 0.15) is 19.4 Å². The van der Waals surface area contributed by atoms with E-state index in [1.54, 1.807) is 0 Å². The average molecular weight is 326 g/mol. The number of halogens is 1. The molecule has 0 unspecified atom stereocenters. The number of hydrogen-bond acceptors (Lipinski definition) is 2. The maximum atomic E-state index is 11.4. The van der Waals surface area contributed by atoms with Crippen molar-refractivity contribution < 1.29 is 14.7 Å². The molecule has 1 rings (SSSR count). The highest BCUT2D eigenvalue weighted by Gasteiger charge is 2.21. The molecule has 1 amide bonds. The Bertz CT molecular complexity index is 509. The highest BCUT2D eigenvalue weighted by molar-refractivity contribution is 9.10. The third kappa shape index (κ3) is 5.26. The van der Waals surface area contributed by atoms with Crippen molar-refractivity contribution in [2.75, 3.05) is 6.54 Å². The molecule has 1 aromatic carbocycles. The number of nitrogens with one attached hydrogen (secondary N) is 1. The van der Waals surface area contributed by atoms with Crippen molar-refractivity contribution in [1.29, 1.82) is 0 Å². The predicted molar refractivity (Wildman–Crippen MR) is 77.0 cm³/mol. The van der Waals surface area contributed by atoms with E-state index in [0.717, 1.165) is 22.2 Å². The van der Waals surface area contributed by atoms with Crippen LogP contribution >= 0.6 is 15.9 Å². The van der Waals surface area contributed by atoms with E-state index in [1.807, 2.05) is 38.1 Å². The first-order chi connectivity index (χ1) is 8.81. The standard InChI is InChI=1S/C14H16BrNO3/c1-14(2,10-4-3-5-11(15)8-10)9-16-12(17)6-7-13(18)19/h3-8H,9H2,1-2H3,(H,16,17)(H,18,19)/b7-6+. The quantitative estimate of drug-likeness (QED) is 0.817. The smallest absolute Gasteiger partial charge is 0.328 e. The van der Waals surface area contributed by atoms with Crippen LogP contribution in [0.2, 0.25) is 0 Å². The number of rotatable bonds is 5. The normalized spacial score (nSPS) is 11.5. The molecule has 0 radical (unpaired) electrons. The fourth-order valence-electron chi connectivity index (χ4n) is 1.53. The summed E-state index contributed by atoms with van der Waals surface area (Å²) in [5, 5.41) is 11.1. The monoisotopic (exact) mass is 325 g/mol. The molecule has 5 heteroatoms. The van der Waals surface area contributed by atoms with Gasteiger partial charge in [0.2, 0.25) is 5.91 Å². The van der Waals surface area contributed by atoms with E-state index in [9.17, 15) is 9.59 Å². The molecular formula is C14H16BrNO3. The van der Waals surface area contributed by atoms with E-state index >= 15 is 0 Å². The minimum atomic E-state index is -1.14. The Morgan fingerprint density at radius 1 is 1.37 bits per heavy atom. The van der Waals surface area contributed by atoms with Crippen molar-refractivity contribution >= 4 is 27.8 Å². The van der Waals surface area contributed by atoms with E-state index in [4.69, 9.17) is 5.11 Å². The van der Waals surface area contributed by atoms with Gasteiger partial charge >= 0.3 is 5.97 Å². The van der Waals surface area contributed by atoms with Gasteiger partial charge < -0.3 is 10.4 Å². The summed E-state index contributed by atoms with van der Waals surface area (Å²) in [5.74, 6) is -1.55. The fraction of sp³-hybridized carbons (Fsp3) is 0.286. The number of carboxylic acid groups (broad SMARTS) is 1. The summed E-state index contributed by atoms with van der Waals surface area (Å²) < 4.78 is 0.982. The molecule has 1 aromatic rings. The summed E-state index contributed by atoms with van der Waals surface area (Å²) in [4.78, 5) is 21.7. The molecule has 0 aromatic heterocycles. The van der Waals surface area contributed by atoms with Gasteiger partial charge in [0, 0.05) is 28.6 Å². The number of carbonyl (C=O) groups excluding carboxylic acids is 1. The first-order valence-corrected chi connectivity index (χ1v) is 6.55. The van der Waals surface area contributed by atoms with E-state index < -0.39 is 11.9 Å². The van der Waals surface area contributed by atoms with Gasteiger partial charge in [-0.1, -0.05) is 41.9 Å². The zero-order chi connectivity index (χ0) is 14.5. The first kappa shape index (κ1) is 15.4.